The lowest BCUT2D eigenvalue weighted by atomic mass is 10.1. The molecule has 0 radical (unpaired) electrons. The third-order valence-electron chi connectivity index (χ3n) is 3.52. The van der Waals surface area contributed by atoms with E-state index in [4.69, 9.17) is 4.74 Å². The zero-order valence-corrected chi connectivity index (χ0v) is 9.45. The largest absolute Gasteiger partial charge is 0.384 e. The molecule has 1 aliphatic carbocycles. The fourth-order valence-electron chi connectivity index (χ4n) is 2.33. The van der Waals surface area contributed by atoms with Gasteiger partial charge in [-0.1, -0.05) is 0 Å². The van der Waals surface area contributed by atoms with E-state index in [2.05, 4.69) is 4.90 Å². The molecule has 4 heteroatoms. The highest BCUT2D eigenvalue weighted by Gasteiger charge is 2.44. The standard InChI is InChI=1S/C11H20N2O2/c1-15-9-11(2-3-11)8-12-4-6-13(10-14)7-5-12/h10H,2-9H2,1H3. The molecule has 0 aromatic carbocycles. The molecule has 0 bridgehead atoms. The van der Waals surface area contributed by atoms with Crippen molar-refractivity contribution in [1.82, 2.24) is 9.80 Å². The predicted molar refractivity (Wildman–Crippen MR) is 57.6 cm³/mol. The van der Waals surface area contributed by atoms with Crippen molar-refractivity contribution >= 4 is 6.41 Å². The Morgan fingerprint density at radius 2 is 1.93 bits per heavy atom. The van der Waals surface area contributed by atoms with Gasteiger partial charge in [-0.2, -0.15) is 0 Å². The van der Waals surface area contributed by atoms with Crippen molar-refractivity contribution in [3.05, 3.63) is 0 Å². The summed E-state index contributed by atoms with van der Waals surface area (Å²) in [5, 5.41) is 0. The van der Waals surface area contributed by atoms with E-state index in [0.717, 1.165) is 45.7 Å². The van der Waals surface area contributed by atoms with Gasteiger partial charge in [-0.05, 0) is 12.8 Å². The molecule has 2 fully saturated rings. The van der Waals surface area contributed by atoms with E-state index in [-0.39, 0.29) is 0 Å². The number of hydrogen-bond acceptors (Lipinski definition) is 3. The van der Waals surface area contributed by atoms with Gasteiger partial charge in [-0.15, -0.1) is 0 Å². The molecule has 86 valence electrons. The SMILES string of the molecule is COCC1(CN2CCN(C=O)CC2)CC1. The van der Waals surface area contributed by atoms with E-state index >= 15 is 0 Å². The van der Waals surface area contributed by atoms with Crippen LogP contribution in [-0.2, 0) is 9.53 Å². The fraction of sp³-hybridized carbons (Fsp3) is 0.909. The smallest absolute Gasteiger partial charge is 0.209 e. The van der Waals surface area contributed by atoms with Crippen molar-refractivity contribution in [3.63, 3.8) is 0 Å². The molecule has 0 atom stereocenters. The van der Waals surface area contributed by atoms with Crippen molar-refractivity contribution in [2.75, 3.05) is 46.4 Å². The molecule has 0 spiro atoms. The average Bonchev–Trinajstić information content (AvgIpc) is 3.00. The normalized spacial score (nSPS) is 25.3. The molecule has 0 unspecified atom stereocenters. The topological polar surface area (TPSA) is 32.8 Å². The number of nitrogens with zero attached hydrogens (tertiary/aromatic N) is 2. The van der Waals surface area contributed by atoms with Crippen LogP contribution in [0.2, 0.25) is 0 Å². The Kier molecular flexibility index (Phi) is 3.26. The number of piperazine rings is 1. The van der Waals surface area contributed by atoms with E-state index < -0.39 is 0 Å². The van der Waals surface area contributed by atoms with Crippen molar-refractivity contribution in [1.29, 1.82) is 0 Å². The summed E-state index contributed by atoms with van der Waals surface area (Å²) in [6.07, 6.45) is 3.56. The molecule has 0 N–H and O–H groups in total. The molecule has 1 saturated carbocycles. The van der Waals surface area contributed by atoms with E-state index in [0.29, 0.717) is 5.41 Å². The van der Waals surface area contributed by atoms with Crippen LogP contribution in [0.5, 0.6) is 0 Å². The number of ether oxygens (including phenoxy) is 1. The van der Waals surface area contributed by atoms with Gasteiger partial charge in [0.1, 0.15) is 0 Å². The number of carbonyl (C=O) groups is 1. The molecule has 15 heavy (non-hydrogen) atoms. The van der Waals surface area contributed by atoms with Gasteiger partial charge in [0, 0.05) is 45.2 Å². The minimum Gasteiger partial charge on any atom is -0.384 e. The predicted octanol–water partition coefficient (Wildman–Crippen LogP) is 0.187. The van der Waals surface area contributed by atoms with Gasteiger partial charge in [0.15, 0.2) is 0 Å². The summed E-state index contributed by atoms with van der Waals surface area (Å²) < 4.78 is 5.26. The van der Waals surface area contributed by atoms with Gasteiger partial charge >= 0.3 is 0 Å². The minimum absolute atomic E-state index is 0.443. The zero-order chi connectivity index (χ0) is 10.7. The maximum absolute atomic E-state index is 10.6. The van der Waals surface area contributed by atoms with Crippen LogP contribution in [0, 0.1) is 5.41 Å². The molecule has 2 rings (SSSR count). The summed E-state index contributed by atoms with van der Waals surface area (Å²) in [6.45, 7) is 5.84. The summed E-state index contributed by atoms with van der Waals surface area (Å²) in [5.74, 6) is 0. The Morgan fingerprint density at radius 1 is 1.27 bits per heavy atom. The highest BCUT2D eigenvalue weighted by atomic mass is 16.5. The first kappa shape index (κ1) is 10.9. The summed E-state index contributed by atoms with van der Waals surface area (Å²) in [4.78, 5) is 14.9. The first-order valence-electron chi connectivity index (χ1n) is 5.69. The van der Waals surface area contributed by atoms with Crippen molar-refractivity contribution in [2.45, 2.75) is 12.8 Å². The van der Waals surface area contributed by atoms with E-state index in [1.165, 1.54) is 12.8 Å². The second kappa shape index (κ2) is 4.49. The molecular formula is C11H20N2O2. The van der Waals surface area contributed by atoms with E-state index in [1.807, 2.05) is 4.90 Å². The van der Waals surface area contributed by atoms with Crippen LogP contribution in [0.3, 0.4) is 0 Å². The summed E-state index contributed by atoms with van der Waals surface area (Å²) in [5.41, 5.74) is 0.443. The Morgan fingerprint density at radius 3 is 2.40 bits per heavy atom. The van der Waals surface area contributed by atoms with Crippen LogP contribution in [0.15, 0.2) is 0 Å². The first-order valence-corrected chi connectivity index (χ1v) is 5.69. The summed E-state index contributed by atoms with van der Waals surface area (Å²) >= 11 is 0. The fourth-order valence-corrected chi connectivity index (χ4v) is 2.33. The molecule has 1 heterocycles. The van der Waals surface area contributed by atoms with Gasteiger partial charge in [0.2, 0.25) is 6.41 Å². The molecule has 1 amide bonds. The number of amides is 1. The Hall–Kier alpha value is -0.610. The average molecular weight is 212 g/mol. The molecule has 0 aromatic rings. The second-order valence-corrected chi connectivity index (χ2v) is 4.85. The third-order valence-corrected chi connectivity index (χ3v) is 3.52. The van der Waals surface area contributed by atoms with E-state index in [9.17, 15) is 4.79 Å². The highest BCUT2D eigenvalue weighted by Crippen LogP contribution is 2.46. The van der Waals surface area contributed by atoms with Gasteiger partial charge < -0.3 is 9.64 Å². The number of methoxy groups -OCH3 is 1. The number of hydrogen-bond donors (Lipinski definition) is 0. The Labute approximate surface area is 91.2 Å². The van der Waals surface area contributed by atoms with Crippen LogP contribution in [0.25, 0.3) is 0 Å². The third kappa shape index (κ3) is 2.69. The van der Waals surface area contributed by atoms with Crippen LogP contribution < -0.4 is 0 Å². The maximum Gasteiger partial charge on any atom is 0.209 e. The van der Waals surface area contributed by atoms with Crippen LogP contribution in [0.4, 0.5) is 0 Å². The van der Waals surface area contributed by atoms with E-state index in [1.54, 1.807) is 7.11 Å². The van der Waals surface area contributed by atoms with Gasteiger partial charge in [-0.25, -0.2) is 0 Å². The van der Waals surface area contributed by atoms with Gasteiger partial charge in [0.05, 0.1) is 6.61 Å². The molecule has 1 saturated heterocycles. The summed E-state index contributed by atoms with van der Waals surface area (Å²) in [6, 6.07) is 0. The van der Waals surface area contributed by atoms with Crippen LogP contribution in [0.1, 0.15) is 12.8 Å². The lowest BCUT2D eigenvalue weighted by Crippen LogP contribution is -2.47. The minimum atomic E-state index is 0.443. The summed E-state index contributed by atoms with van der Waals surface area (Å²) in [7, 11) is 1.78. The van der Waals surface area contributed by atoms with Crippen molar-refractivity contribution < 1.29 is 9.53 Å². The molecule has 0 aromatic heterocycles. The number of rotatable bonds is 5. The molecule has 4 nitrogen and oxygen atoms in total. The quantitative estimate of drug-likeness (QED) is 0.610. The zero-order valence-electron chi connectivity index (χ0n) is 9.45. The maximum atomic E-state index is 10.6. The van der Waals surface area contributed by atoms with Crippen molar-refractivity contribution in [2.24, 2.45) is 5.41 Å². The van der Waals surface area contributed by atoms with Gasteiger partial charge in [-0.3, -0.25) is 9.69 Å². The lowest BCUT2D eigenvalue weighted by Gasteiger charge is -2.34. The monoisotopic (exact) mass is 212 g/mol. The van der Waals surface area contributed by atoms with Gasteiger partial charge in [0.25, 0.3) is 0 Å². The highest BCUT2D eigenvalue weighted by molar-refractivity contribution is 5.47. The number of carbonyl (C=O) groups excluding carboxylic acids is 1. The molecule has 2 aliphatic rings. The van der Waals surface area contributed by atoms with Crippen LogP contribution in [-0.4, -0.2) is 62.7 Å². The molecular weight excluding hydrogens is 192 g/mol. The molecule has 1 aliphatic heterocycles. The van der Waals surface area contributed by atoms with Crippen LogP contribution >= 0.6 is 0 Å². The Bertz CT molecular complexity index is 221. The second-order valence-electron chi connectivity index (χ2n) is 4.85. The first-order chi connectivity index (χ1) is 7.28. The lowest BCUT2D eigenvalue weighted by molar-refractivity contribution is -0.119. The Balaban J connectivity index is 1.74. The van der Waals surface area contributed by atoms with Crippen molar-refractivity contribution in [3.8, 4) is 0 Å².